The minimum absolute atomic E-state index is 0.0577. The van der Waals surface area contributed by atoms with Crippen LogP contribution in [-0.4, -0.2) is 33.4 Å². The Labute approximate surface area is 83.5 Å². The number of β-lactam (4-membered cyclic amide) rings is 1. The third-order valence-electron chi connectivity index (χ3n) is 3.14. The minimum atomic E-state index is -0.657. The summed E-state index contributed by atoms with van der Waals surface area (Å²) in [5.41, 5.74) is 0. The van der Waals surface area contributed by atoms with Crippen molar-refractivity contribution in [2.45, 2.75) is 37.8 Å². The summed E-state index contributed by atoms with van der Waals surface area (Å²) in [6.07, 6.45) is 0.176. The zero-order valence-corrected chi connectivity index (χ0v) is 8.74. The number of fused-ring (bicyclic) bond motifs is 1. The highest BCUT2D eigenvalue weighted by Crippen LogP contribution is 2.43. The van der Waals surface area contributed by atoms with Gasteiger partial charge in [0.2, 0.25) is 5.91 Å². The maximum Gasteiger partial charge on any atom is 0.230 e. The van der Waals surface area contributed by atoms with E-state index in [-0.39, 0.29) is 23.1 Å². The zero-order valence-electron chi connectivity index (χ0n) is 7.84. The summed E-state index contributed by atoms with van der Waals surface area (Å²) in [7, 11) is 0. The molecule has 0 saturated carbocycles. The normalized spacial score (nSPS) is 43.8. The van der Waals surface area contributed by atoms with E-state index in [1.165, 1.54) is 0 Å². The molecular weight excluding hydrogens is 186 g/mol. The minimum Gasteiger partial charge on any atom is -0.372 e. The fraction of sp³-hybridized carbons (Fsp3) is 0.889. The van der Waals surface area contributed by atoms with Crippen molar-refractivity contribution in [1.29, 1.82) is 0 Å². The lowest BCUT2D eigenvalue weighted by Crippen LogP contribution is -2.61. The number of rotatable bonds is 1. The molecule has 74 valence electrons. The monoisotopic (exact) mass is 201 g/mol. The van der Waals surface area contributed by atoms with Crippen molar-refractivity contribution in [3.63, 3.8) is 0 Å². The second-order valence-electron chi connectivity index (χ2n) is 4.30. The highest BCUT2D eigenvalue weighted by Gasteiger charge is 2.57. The predicted molar refractivity (Wildman–Crippen MR) is 52.4 cm³/mol. The highest BCUT2D eigenvalue weighted by atomic mass is 32.1. The number of aliphatic hydroxyl groups is 1. The first kappa shape index (κ1) is 9.34. The third kappa shape index (κ3) is 1.12. The maximum absolute atomic E-state index is 11.6. The van der Waals surface area contributed by atoms with Crippen LogP contribution >= 0.6 is 12.6 Å². The van der Waals surface area contributed by atoms with Gasteiger partial charge in [-0.1, -0.05) is 13.8 Å². The van der Waals surface area contributed by atoms with Crippen LogP contribution < -0.4 is 0 Å². The Balaban J connectivity index is 2.14. The molecule has 2 fully saturated rings. The topological polar surface area (TPSA) is 40.5 Å². The van der Waals surface area contributed by atoms with E-state index in [2.05, 4.69) is 26.5 Å². The van der Waals surface area contributed by atoms with Crippen molar-refractivity contribution in [2.75, 3.05) is 0 Å². The molecule has 0 bridgehead atoms. The van der Waals surface area contributed by atoms with Gasteiger partial charge in [-0.15, -0.1) is 0 Å². The number of hydrogen-bond donors (Lipinski definition) is 2. The van der Waals surface area contributed by atoms with Gasteiger partial charge in [0, 0.05) is 11.3 Å². The Morgan fingerprint density at radius 3 is 2.77 bits per heavy atom. The van der Waals surface area contributed by atoms with Crippen LogP contribution in [0.5, 0.6) is 0 Å². The lowest BCUT2D eigenvalue weighted by atomic mass is 9.80. The van der Waals surface area contributed by atoms with E-state index >= 15 is 0 Å². The predicted octanol–water partition coefficient (Wildman–Crippen LogP) is 0.490. The molecule has 0 aromatic carbocycles. The summed E-state index contributed by atoms with van der Waals surface area (Å²) in [4.78, 5) is 13.2. The number of amides is 1. The average Bonchev–Trinajstić information content (AvgIpc) is 2.24. The largest absolute Gasteiger partial charge is 0.372 e. The van der Waals surface area contributed by atoms with Gasteiger partial charge in [0.1, 0.15) is 6.23 Å². The SMILES string of the molecule is CC(C)[C@H]1C(=O)N2C(O)[C@H](S)C[C@H]12. The lowest BCUT2D eigenvalue weighted by molar-refractivity contribution is -0.168. The van der Waals surface area contributed by atoms with Crippen LogP contribution in [0.2, 0.25) is 0 Å². The maximum atomic E-state index is 11.6. The number of hydrogen-bond acceptors (Lipinski definition) is 3. The molecule has 2 aliphatic heterocycles. The Morgan fingerprint density at radius 1 is 1.62 bits per heavy atom. The molecular formula is C9H15NO2S. The van der Waals surface area contributed by atoms with Gasteiger partial charge in [0.05, 0.1) is 5.92 Å². The van der Waals surface area contributed by atoms with E-state index in [9.17, 15) is 9.90 Å². The molecule has 0 aromatic heterocycles. The van der Waals surface area contributed by atoms with E-state index < -0.39 is 6.23 Å². The number of thiol groups is 1. The summed E-state index contributed by atoms with van der Waals surface area (Å²) in [6.45, 7) is 4.11. The third-order valence-corrected chi connectivity index (χ3v) is 3.62. The standard InChI is InChI=1S/C9H15NO2S/c1-4(2)7-5-3-6(13)8(11)10(5)9(7)12/h4-8,11,13H,3H2,1-2H3/t5-,6-,7-,8?/m1/s1. The molecule has 4 heteroatoms. The van der Waals surface area contributed by atoms with Gasteiger partial charge in [0.15, 0.2) is 0 Å². The van der Waals surface area contributed by atoms with Crippen LogP contribution in [0.4, 0.5) is 0 Å². The van der Waals surface area contributed by atoms with Gasteiger partial charge in [-0.2, -0.15) is 12.6 Å². The van der Waals surface area contributed by atoms with E-state index in [4.69, 9.17) is 0 Å². The van der Waals surface area contributed by atoms with E-state index in [1.807, 2.05) is 0 Å². The van der Waals surface area contributed by atoms with Crippen molar-refractivity contribution < 1.29 is 9.90 Å². The van der Waals surface area contributed by atoms with Gasteiger partial charge >= 0.3 is 0 Å². The molecule has 2 saturated heterocycles. The van der Waals surface area contributed by atoms with Crippen molar-refractivity contribution >= 4 is 18.5 Å². The first-order valence-corrected chi connectivity index (χ1v) is 5.24. The van der Waals surface area contributed by atoms with Crippen LogP contribution in [0, 0.1) is 11.8 Å². The first-order valence-electron chi connectivity index (χ1n) is 4.72. The van der Waals surface area contributed by atoms with E-state index in [0.29, 0.717) is 5.92 Å². The summed E-state index contributed by atoms with van der Waals surface area (Å²) in [5, 5.41) is 9.53. The molecule has 1 N–H and O–H groups in total. The molecule has 3 nitrogen and oxygen atoms in total. The Bertz CT molecular complexity index is 236. The van der Waals surface area contributed by atoms with Gasteiger partial charge < -0.3 is 10.0 Å². The van der Waals surface area contributed by atoms with Gasteiger partial charge in [-0.3, -0.25) is 4.79 Å². The molecule has 0 spiro atoms. The zero-order chi connectivity index (χ0) is 9.75. The Kier molecular flexibility index (Phi) is 2.07. The van der Waals surface area contributed by atoms with Crippen molar-refractivity contribution in [1.82, 2.24) is 4.90 Å². The molecule has 4 atom stereocenters. The second kappa shape index (κ2) is 2.89. The second-order valence-corrected chi connectivity index (χ2v) is 4.96. The van der Waals surface area contributed by atoms with Crippen LogP contribution in [0.1, 0.15) is 20.3 Å². The van der Waals surface area contributed by atoms with Crippen molar-refractivity contribution in [3.8, 4) is 0 Å². The number of nitrogens with zero attached hydrogens (tertiary/aromatic N) is 1. The van der Waals surface area contributed by atoms with Crippen LogP contribution in [0.25, 0.3) is 0 Å². The molecule has 1 unspecified atom stereocenters. The molecule has 0 aliphatic carbocycles. The molecule has 0 radical (unpaired) electrons. The fourth-order valence-corrected chi connectivity index (χ4v) is 2.82. The number of carbonyl (C=O) groups is 1. The van der Waals surface area contributed by atoms with Gasteiger partial charge in [-0.25, -0.2) is 0 Å². The van der Waals surface area contributed by atoms with E-state index in [0.717, 1.165) is 6.42 Å². The first-order chi connectivity index (χ1) is 6.04. The van der Waals surface area contributed by atoms with Crippen LogP contribution in [0.15, 0.2) is 0 Å². The van der Waals surface area contributed by atoms with Gasteiger partial charge in [-0.05, 0) is 12.3 Å². The summed E-state index contributed by atoms with van der Waals surface area (Å²) in [6, 6.07) is 0.241. The average molecular weight is 201 g/mol. The molecule has 2 aliphatic rings. The molecule has 13 heavy (non-hydrogen) atoms. The highest BCUT2D eigenvalue weighted by molar-refractivity contribution is 7.81. The summed E-state index contributed by atoms with van der Waals surface area (Å²) < 4.78 is 0. The van der Waals surface area contributed by atoms with E-state index in [1.54, 1.807) is 4.90 Å². The Morgan fingerprint density at radius 2 is 2.23 bits per heavy atom. The quantitative estimate of drug-likeness (QED) is 0.479. The van der Waals surface area contributed by atoms with Crippen molar-refractivity contribution in [2.24, 2.45) is 11.8 Å². The summed E-state index contributed by atoms with van der Waals surface area (Å²) >= 11 is 4.25. The van der Waals surface area contributed by atoms with Crippen LogP contribution in [0.3, 0.4) is 0 Å². The molecule has 0 aromatic rings. The van der Waals surface area contributed by atoms with Crippen molar-refractivity contribution in [3.05, 3.63) is 0 Å². The number of aliphatic hydroxyl groups excluding tert-OH is 1. The molecule has 2 rings (SSSR count). The number of carbonyl (C=O) groups excluding carboxylic acids is 1. The smallest absolute Gasteiger partial charge is 0.230 e. The van der Waals surface area contributed by atoms with Gasteiger partial charge in [0.25, 0.3) is 0 Å². The Hall–Kier alpha value is -0.220. The summed E-state index contributed by atoms with van der Waals surface area (Å²) in [5.74, 6) is 0.593. The van der Waals surface area contributed by atoms with Crippen LogP contribution in [-0.2, 0) is 4.79 Å². The molecule has 2 heterocycles. The fourth-order valence-electron chi connectivity index (χ4n) is 2.46. The molecule has 1 amide bonds. The lowest BCUT2D eigenvalue weighted by Gasteiger charge is -2.46.